The molecular weight excluding hydrogens is 256 g/mol. The molecule has 120 valence electrons. The molecule has 3 rings (SSSR count). The highest BCUT2D eigenvalue weighted by Gasteiger charge is 2.37. The summed E-state index contributed by atoms with van der Waals surface area (Å²) in [6, 6.07) is 0. The van der Waals surface area contributed by atoms with Gasteiger partial charge in [0.05, 0.1) is 0 Å². The normalized spacial score (nSPS) is 34.9. The Kier molecular flexibility index (Phi) is 4.47. The van der Waals surface area contributed by atoms with Crippen LogP contribution in [0.1, 0.15) is 52.9 Å². The molecule has 21 heavy (non-hydrogen) atoms. The summed E-state index contributed by atoms with van der Waals surface area (Å²) >= 11 is 0. The Morgan fingerprint density at radius 3 is 2.52 bits per heavy atom. The quantitative estimate of drug-likeness (QED) is 0.714. The molecule has 0 aromatic heterocycles. The molecule has 2 nitrogen and oxygen atoms in total. The van der Waals surface area contributed by atoms with Crippen LogP contribution in [0.3, 0.4) is 0 Å². The van der Waals surface area contributed by atoms with Gasteiger partial charge in [0.2, 0.25) is 0 Å². The molecule has 0 aromatic rings. The Bertz CT molecular complexity index is 402. The van der Waals surface area contributed by atoms with E-state index in [4.69, 9.17) is 0 Å². The summed E-state index contributed by atoms with van der Waals surface area (Å²) in [6.45, 7) is 13.9. The maximum absolute atomic E-state index is 2.72. The van der Waals surface area contributed by atoms with E-state index >= 15 is 0 Å². The Hall–Kier alpha value is -0.340. The van der Waals surface area contributed by atoms with Gasteiger partial charge in [-0.25, -0.2) is 0 Å². The van der Waals surface area contributed by atoms with Gasteiger partial charge in [0.15, 0.2) is 0 Å². The molecule has 0 aromatic carbocycles. The van der Waals surface area contributed by atoms with Crippen molar-refractivity contribution in [3.63, 3.8) is 0 Å². The van der Waals surface area contributed by atoms with Crippen molar-refractivity contribution in [1.82, 2.24) is 9.80 Å². The number of likely N-dealkylation sites (N-methyl/N-ethyl adjacent to an activating group) is 1. The van der Waals surface area contributed by atoms with Gasteiger partial charge in [0.25, 0.3) is 0 Å². The minimum absolute atomic E-state index is 0.480. The molecule has 0 N–H and O–H groups in total. The second-order valence-electron chi connectivity index (χ2n) is 8.57. The second kappa shape index (κ2) is 6.04. The van der Waals surface area contributed by atoms with E-state index < -0.39 is 0 Å². The zero-order chi connectivity index (χ0) is 15.0. The van der Waals surface area contributed by atoms with Crippen LogP contribution in [-0.4, -0.2) is 49.6 Å². The van der Waals surface area contributed by atoms with Crippen molar-refractivity contribution < 1.29 is 0 Å². The van der Waals surface area contributed by atoms with Crippen LogP contribution in [0.25, 0.3) is 0 Å². The highest BCUT2D eigenvalue weighted by Crippen LogP contribution is 2.49. The standard InChI is InChI=1S/C19H34N2/c1-15-12-16-6-5-7-19(2,3)18(16)13-17(15)14-21-10-8-20(4)9-11-21/h15,17H,5-14H2,1-4H3/t15-,17+/m1/s1. The van der Waals surface area contributed by atoms with E-state index in [0.29, 0.717) is 5.41 Å². The largest absolute Gasteiger partial charge is 0.304 e. The molecule has 0 unspecified atom stereocenters. The van der Waals surface area contributed by atoms with E-state index in [1.807, 2.05) is 11.1 Å². The SMILES string of the molecule is C[C@@H]1CC2=C(C[C@H]1CN1CCN(C)CC1)C(C)(C)CCC2. The number of hydrogen-bond donors (Lipinski definition) is 0. The summed E-state index contributed by atoms with van der Waals surface area (Å²) in [5.41, 5.74) is 4.17. The van der Waals surface area contributed by atoms with E-state index in [-0.39, 0.29) is 0 Å². The lowest BCUT2D eigenvalue weighted by Crippen LogP contribution is -2.47. The van der Waals surface area contributed by atoms with Gasteiger partial charge in [-0.2, -0.15) is 0 Å². The van der Waals surface area contributed by atoms with Gasteiger partial charge in [0.1, 0.15) is 0 Å². The average Bonchev–Trinajstić information content (AvgIpc) is 2.42. The third-order valence-corrected chi connectivity index (χ3v) is 6.45. The van der Waals surface area contributed by atoms with Crippen molar-refractivity contribution in [3.05, 3.63) is 11.1 Å². The van der Waals surface area contributed by atoms with Gasteiger partial charge >= 0.3 is 0 Å². The predicted molar refractivity (Wildman–Crippen MR) is 90.5 cm³/mol. The Morgan fingerprint density at radius 2 is 1.81 bits per heavy atom. The van der Waals surface area contributed by atoms with Crippen molar-refractivity contribution in [2.75, 3.05) is 39.8 Å². The van der Waals surface area contributed by atoms with Gasteiger partial charge in [0, 0.05) is 32.7 Å². The zero-order valence-corrected chi connectivity index (χ0v) is 14.6. The third kappa shape index (κ3) is 3.37. The molecule has 2 aliphatic carbocycles. The first-order chi connectivity index (χ1) is 9.95. The van der Waals surface area contributed by atoms with Crippen molar-refractivity contribution >= 4 is 0 Å². The number of hydrogen-bond acceptors (Lipinski definition) is 2. The van der Waals surface area contributed by atoms with Gasteiger partial charge in [-0.3, -0.25) is 0 Å². The molecule has 0 bridgehead atoms. The molecule has 3 aliphatic rings. The lowest BCUT2D eigenvalue weighted by Gasteiger charge is -2.45. The lowest BCUT2D eigenvalue weighted by molar-refractivity contribution is 0.114. The van der Waals surface area contributed by atoms with Crippen LogP contribution in [0.5, 0.6) is 0 Å². The van der Waals surface area contributed by atoms with E-state index in [1.54, 1.807) is 0 Å². The molecule has 0 amide bonds. The molecular formula is C19H34N2. The van der Waals surface area contributed by atoms with Crippen LogP contribution in [0, 0.1) is 17.3 Å². The first-order valence-electron chi connectivity index (χ1n) is 9.08. The third-order valence-electron chi connectivity index (χ3n) is 6.45. The molecule has 0 radical (unpaired) electrons. The second-order valence-corrected chi connectivity index (χ2v) is 8.57. The summed E-state index contributed by atoms with van der Waals surface area (Å²) in [5, 5.41) is 0. The van der Waals surface area contributed by atoms with E-state index in [2.05, 4.69) is 37.6 Å². The highest BCUT2D eigenvalue weighted by atomic mass is 15.2. The smallest absolute Gasteiger partial charge is 0.0110 e. The minimum Gasteiger partial charge on any atom is -0.304 e. The van der Waals surface area contributed by atoms with Crippen molar-refractivity contribution in [1.29, 1.82) is 0 Å². The molecule has 2 atom stereocenters. The van der Waals surface area contributed by atoms with Crippen LogP contribution in [0.15, 0.2) is 11.1 Å². The van der Waals surface area contributed by atoms with Gasteiger partial charge in [-0.05, 0) is 56.4 Å². The number of allylic oxidation sites excluding steroid dienone is 2. The molecule has 2 heteroatoms. The molecule has 1 fully saturated rings. The molecule has 1 aliphatic heterocycles. The van der Waals surface area contributed by atoms with E-state index in [9.17, 15) is 0 Å². The predicted octanol–water partition coefficient (Wildman–Crippen LogP) is 3.79. The number of piperazine rings is 1. The monoisotopic (exact) mass is 290 g/mol. The van der Waals surface area contributed by atoms with Gasteiger partial charge in [-0.1, -0.05) is 31.9 Å². The maximum atomic E-state index is 2.72. The van der Waals surface area contributed by atoms with Crippen LogP contribution in [0.2, 0.25) is 0 Å². The molecule has 0 saturated carbocycles. The van der Waals surface area contributed by atoms with Gasteiger partial charge in [-0.15, -0.1) is 0 Å². The van der Waals surface area contributed by atoms with Crippen molar-refractivity contribution in [2.45, 2.75) is 52.9 Å². The van der Waals surface area contributed by atoms with Crippen LogP contribution < -0.4 is 0 Å². The lowest BCUT2D eigenvalue weighted by atomic mass is 9.63. The summed E-state index contributed by atoms with van der Waals surface area (Å²) in [5.74, 6) is 1.78. The molecule has 0 spiro atoms. The topological polar surface area (TPSA) is 6.48 Å². The van der Waals surface area contributed by atoms with E-state index in [0.717, 1.165) is 11.8 Å². The minimum atomic E-state index is 0.480. The Balaban J connectivity index is 1.66. The van der Waals surface area contributed by atoms with Crippen molar-refractivity contribution in [3.8, 4) is 0 Å². The van der Waals surface area contributed by atoms with Crippen LogP contribution in [0.4, 0.5) is 0 Å². The van der Waals surface area contributed by atoms with Gasteiger partial charge < -0.3 is 9.80 Å². The highest BCUT2D eigenvalue weighted by molar-refractivity contribution is 5.27. The summed E-state index contributed by atoms with van der Waals surface area (Å²) in [4.78, 5) is 5.19. The zero-order valence-electron chi connectivity index (χ0n) is 14.6. The summed E-state index contributed by atoms with van der Waals surface area (Å²) in [6.07, 6.45) is 6.99. The Morgan fingerprint density at radius 1 is 1.10 bits per heavy atom. The number of rotatable bonds is 2. The fourth-order valence-corrected chi connectivity index (χ4v) is 4.80. The first-order valence-corrected chi connectivity index (χ1v) is 9.08. The number of nitrogens with zero attached hydrogens (tertiary/aromatic N) is 2. The Labute approximate surface area is 131 Å². The average molecular weight is 290 g/mol. The fraction of sp³-hybridized carbons (Fsp3) is 0.895. The summed E-state index contributed by atoms with van der Waals surface area (Å²) in [7, 11) is 2.25. The molecule has 1 heterocycles. The summed E-state index contributed by atoms with van der Waals surface area (Å²) < 4.78 is 0. The van der Waals surface area contributed by atoms with Crippen molar-refractivity contribution in [2.24, 2.45) is 17.3 Å². The van der Waals surface area contributed by atoms with Crippen LogP contribution in [-0.2, 0) is 0 Å². The molecule has 1 saturated heterocycles. The van der Waals surface area contributed by atoms with E-state index in [1.165, 1.54) is 64.8 Å². The van der Waals surface area contributed by atoms with Crippen LogP contribution >= 0.6 is 0 Å². The first kappa shape index (κ1) is 15.6. The fourth-order valence-electron chi connectivity index (χ4n) is 4.80. The maximum Gasteiger partial charge on any atom is 0.0110 e.